The second kappa shape index (κ2) is 4.83. The van der Waals surface area contributed by atoms with Gasteiger partial charge < -0.3 is 5.73 Å². The molecule has 2 rings (SSSR count). The number of pyridine rings is 1. The third-order valence-corrected chi connectivity index (χ3v) is 3.41. The van der Waals surface area contributed by atoms with Gasteiger partial charge in [-0.25, -0.2) is 4.98 Å². The van der Waals surface area contributed by atoms with E-state index in [1.54, 1.807) is 0 Å². The van der Waals surface area contributed by atoms with Crippen LogP contribution in [-0.4, -0.2) is 23.0 Å². The molecule has 1 aliphatic rings. The highest BCUT2D eigenvalue weighted by Gasteiger charge is 2.26. The van der Waals surface area contributed by atoms with E-state index in [1.807, 2.05) is 12.3 Å². The fourth-order valence-corrected chi connectivity index (χ4v) is 2.67. The Morgan fingerprint density at radius 3 is 3.06 bits per heavy atom. The van der Waals surface area contributed by atoms with Crippen molar-refractivity contribution >= 4 is 5.82 Å². The molecule has 0 spiro atoms. The van der Waals surface area contributed by atoms with Gasteiger partial charge in [-0.1, -0.05) is 6.92 Å². The van der Waals surface area contributed by atoms with Gasteiger partial charge in [0.2, 0.25) is 0 Å². The predicted molar refractivity (Wildman–Crippen MR) is 67.2 cm³/mol. The first kappa shape index (κ1) is 11.4. The molecule has 3 heteroatoms. The van der Waals surface area contributed by atoms with Gasteiger partial charge in [-0.05, 0) is 56.5 Å². The van der Waals surface area contributed by atoms with Crippen molar-refractivity contribution in [2.75, 3.05) is 18.8 Å². The Bertz CT molecular complexity index is 362. The zero-order valence-electron chi connectivity index (χ0n) is 10.2. The van der Waals surface area contributed by atoms with E-state index in [4.69, 9.17) is 5.73 Å². The Hall–Kier alpha value is -1.09. The summed E-state index contributed by atoms with van der Waals surface area (Å²) in [6.45, 7) is 6.79. The van der Waals surface area contributed by atoms with Gasteiger partial charge in [-0.2, -0.15) is 0 Å². The Labute approximate surface area is 97.7 Å². The van der Waals surface area contributed by atoms with Crippen molar-refractivity contribution in [3.63, 3.8) is 0 Å². The van der Waals surface area contributed by atoms with Crippen LogP contribution in [0.15, 0.2) is 12.3 Å². The fraction of sp³-hybridized carbons (Fsp3) is 0.615. The molecular formula is C13H21N3. The summed E-state index contributed by atoms with van der Waals surface area (Å²) >= 11 is 0. The molecular weight excluding hydrogens is 198 g/mol. The molecule has 16 heavy (non-hydrogen) atoms. The molecule has 88 valence electrons. The van der Waals surface area contributed by atoms with Crippen LogP contribution in [0.2, 0.25) is 0 Å². The summed E-state index contributed by atoms with van der Waals surface area (Å²) in [6, 6.07) is 2.55. The summed E-state index contributed by atoms with van der Waals surface area (Å²) in [5, 5.41) is 0. The number of nitrogen functional groups attached to an aromatic ring is 1. The van der Waals surface area contributed by atoms with Crippen LogP contribution in [0.25, 0.3) is 0 Å². The van der Waals surface area contributed by atoms with Crippen molar-refractivity contribution < 1.29 is 0 Å². The average molecular weight is 219 g/mol. The molecule has 0 radical (unpaired) electrons. The molecule has 0 saturated carbocycles. The summed E-state index contributed by atoms with van der Waals surface area (Å²) in [5.74, 6) is 0.626. The Morgan fingerprint density at radius 2 is 2.38 bits per heavy atom. The summed E-state index contributed by atoms with van der Waals surface area (Å²) in [5.41, 5.74) is 8.33. The minimum atomic E-state index is 0.563. The van der Waals surface area contributed by atoms with E-state index in [1.165, 1.54) is 43.5 Å². The number of likely N-dealkylation sites (tertiary alicyclic amines) is 1. The van der Waals surface area contributed by atoms with E-state index in [2.05, 4.69) is 23.7 Å². The maximum atomic E-state index is 5.69. The van der Waals surface area contributed by atoms with Crippen molar-refractivity contribution in [1.82, 2.24) is 9.88 Å². The van der Waals surface area contributed by atoms with Crippen molar-refractivity contribution in [3.05, 3.63) is 23.4 Å². The van der Waals surface area contributed by atoms with Gasteiger partial charge in [0.1, 0.15) is 5.82 Å². The predicted octanol–water partition coefficient (Wildman–Crippen LogP) is 2.52. The number of hydrogen-bond donors (Lipinski definition) is 1. The van der Waals surface area contributed by atoms with Gasteiger partial charge in [0.05, 0.1) is 0 Å². The van der Waals surface area contributed by atoms with E-state index in [0.717, 1.165) is 0 Å². The third-order valence-electron chi connectivity index (χ3n) is 3.41. The second-order valence-corrected chi connectivity index (χ2v) is 4.66. The third kappa shape index (κ3) is 2.19. The molecule has 3 nitrogen and oxygen atoms in total. The van der Waals surface area contributed by atoms with E-state index in [9.17, 15) is 0 Å². The van der Waals surface area contributed by atoms with Crippen molar-refractivity contribution in [3.8, 4) is 0 Å². The average Bonchev–Trinajstić information content (AvgIpc) is 2.67. The van der Waals surface area contributed by atoms with Crippen LogP contribution in [0.1, 0.15) is 43.4 Å². The van der Waals surface area contributed by atoms with E-state index in [0.29, 0.717) is 11.9 Å². The lowest BCUT2D eigenvalue weighted by molar-refractivity contribution is 0.257. The maximum Gasteiger partial charge on any atom is 0.123 e. The highest BCUT2D eigenvalue weighted by atomic mass is 15.2. The topological polar surface area (TPSA) is 42.2 Å². The highest BCUT2D eigenvalue weighted by Crippen LogP contribution is 2.33. The zero-order valence-corrected chi connectivity index (χ0v) is 10.2. The summed E-state index contributed by atoms with van der Waals surface area (Å²) < 4.78 is 0. The maximum absolute atomic E-state index is 5.69. The van der Waals surface area contributed by atoms with Crippen LogP contribution in [0, 0.1) is 6.92 Å². The number of rotatable bonds is 3. The number of nitrogens with two attached hydrogens (primary N) is 1. The van der Waals surface area contributed by atoms with E-state index < -0.39 is 0 Å². The first-order chi connectivity index (χ1) is 7.72. The minimum Gasteiger partial charge on any atom is -0.384 e. The fourth-order valence-electron chi connectivity index (χ4n) is 2.67. The molecule has 0 amide bonds. The highest BCUT2D eigenvalue weighted by molar-refractivity contribution is 5.37. The number of aryl methyl sites for hydroxylation is 1. The lowest BCUT2D eigenvalue weighted by Crippen LogP contribution is -2.24. The first-order valence-electron chi connectivity index (χ1n) is 6.18. The van der Waals surface area contributed by atoms with Crippen LogP contribution >= 0.6 is 0 Å². The van der Waals surface area contributed by atoms with Gasteiger partial charge in [-0.15, -0.1) is 0 Å². The molecule has 0 aliphatic carbocycles. The number of aromatic nitrogens is 1. The van der Waals surface area contributed by atoms with Gasteiger partial charge in [0.15, 0.2) is 0 Å². The van der Waals surface area contributed by atoms with Crippen molar-refractivity contribution in [1.29, 1.82) is 0 Å². The summed E-state index contributed by atoms with van der Waals surface area (Å²) in [7, 11) is 0. The van der Waals surface area contributed by atoms with Crippen LogP contribution in [0.4, 0.5) is 5.82 Å². The summed E-state index contributed by atoms with van der Waals surface area (Å²) in [4.78, 5) is 6.80. The number of anilines is 1. The van der Waals surface area contributed by atoms with Crippen LogP contribution in [-0.2, 0) is 0 Å². The smallest absolute Gasteiger partial charge is 0.123 e. The number of nitrogens with zero attached hydrogens (tertiary/aromatic N) is 2. The Morgan fingerprint density at radius 1 is 1.56 bits per heavy atom. The van der Waals surface area contributed by atoms with Crippen molar-refractivity contribution in [2.45, 2.75) is 39.2 Å². The van der Waals surface area contributed by atoms with Crippen LogP contribution < -0.4 is 5.73 Å². The molecule has 1 aliphatic heterocycles. The molecule has 0 bridgehead atoms. The van der Waals surface area contributed by atoms with Crippen LogP contribution in [0.3, 0.4) is 0 Å². The van der Waals surface area contributed by atoms with E-state index >= 15 is 0 Å². The van der Waals surface area contributed by atoms with Gasteiger partial charge in [0.25, 0.3) is 0 Å². The lowest BCUT2D eigenvalue weighted by atomic mass is 10.0. The van der Waals surface area contributed by atoms with Gasteiger partial charge in [0, 0.05) is 12.2 Å². The molecule has 1 atom stereocenters. The quantitative estimate of drug-likeness (QED) is 0.849. The molecule has 1 aromatic heterocycles. The molecule has 1 aromatic rings. The van der Waals surface area contributed by atoms with Crippen LogP contribution in [0.5, 0.6) is 0 Å². The van der Waals surface area contributed by atoms with Gasteiger partial charge in [-0.3, -0.25) is 4.90 Å². The van der Waals surface area contributed by atoms with Crippen molar-refractivity contribution in [2.24, 2.45) is 0 Å². The Balaban J connectivity index is 2.22. The standard InChI is InChI=1S/C13H21N3/c1-3-6-16-7-4-5-12(16)11-9-15-13(14)8-10(11)2/h8-9,12H,3-7H2,1-2H3,(H2,14,15)/t12-/m1/s1. The Kier molecular flexibility index (Phi) is 3.44. The largest absolute Gasteiger partial charge is 0.384 e. The normalized spacial score (nSPS) is 21.5. The minimum absolute atomic E-state index is 0.563. The molecule has 1 saturated heterocycles. The molecule has 1 fully saturated rings. The summed E-state index contributed by atoms with van der Waals surface area (Å²) in [6.07, 6.45) is 5.74. The first-order valence-corrected chi connectivity index (χ1v) is 6.18. The SMILES string of the molecule is CCCN1CCC[C@@H]1c1cnc(N)cc1C. The molecule has 2 N–H and O–H groups in total. The monoisotopic (exact) mass is 219 g/mol. The van der Waals surface area contributed by atoms with E-state index in [-0.39, 0.29) is 0 Å². The molecule has 0 aromatic carbocycles. The molecule has 2 heterocycles. The zero-order chi connectivity index (χ0) is 11.5. The number of hydrogen-bond acceptors (Lipinski definition) is 3. The van der Waals surface area contributed by atoms with Gasteiger partial charge >= 0.3 is 0 Å². The lowest BCUT2D eigenvalue weighted by Gasteiger charge is -2.25. The molecule has 0 unspecified atom stereocenters. The second-order valence-electron chi connectivity index (χ2n) is 4.66.